The molecule has 0 amide bonds. The molecule has 0 saturated heterocycles. The number of benzene rings is 1. The molecule has 0 spiro atoms. The van der Waals surface area contributed by atoms with Crippen LogP contribution in [-0.2, 0) is 0 Å². The molecule has 122 valence electrons. The first kappa shape index (κ1) is 16.4. The maximum absolute atomic E-state index is 5.90. The van der Waals surface area contributed by atoms with Gasteiger partial charge in [-0.1, -0.05) is 29.3 Å². The fourth-order valence-corrected chi connectivity index (χ4v) is 2.39. The molecule has 0 aliphatic heterocycles. The van der Waals surface area contributed by atoms with Crippen LogP contribution in [0.25, 0.3) is 0 Å². The minimum Gasteiger partial charge on any atom is -0.439 e. The van der Waals surface area contributed by atoms with Gasteiger partial charge >= 0.3 is 0 Å². The van der Waals surface area contributed by atoms with E-state index in [0.717, 1.165) is 0 Å². The van der Waals surface area contributed by atoms with Crippen LogP contribution in [0.4, 0.5) is 0 Å². The Balaban J connectivity index is 1.81. The Morgan fingerprint density at radius 1 is 0.708 bits per heavy atom. The SMILES string of the molecule is Cc1nc(Cl)cc(Oc2cccc(Oc3cc(Cl)nc(C)n3)c2)n1. The first-order valence-electron chi connectivity index (χ1n) is 6.96. The Kier molecular flexibility index (Phi) is 4.78. The fourth-order valence-electron chi connectivity index (χ4n) is 1.96. The number of hydrogen-bond acceptors (Lipinski definition) is 6. The molecule has 8 heteroatoms. The van der Waals surface area contributed by atoms with Crippen molar-refractivity contribution in [1.82, 2.24) is 19.9 Å². The summed E-state index contributed by atoms with van der Waals surface area (Å²) in [6, 6.07) is 10.1. The third-order valence-corrected chi connectivity index (χ3v) is 3.20. The summed E-state index contributed by atoms with van der Waals surface area (Å²) in [4.78, 5) is 16.3. The Bertz CT molecular complexity index is 780. The number of aryl methyl sites for hydroxylation is 2. The van der Waals surface area contributed by atoms with Gasteiger partial charge in [-0.15, -0.1) is 0 Å². The van der Waals surface area contributed by atoms with Gasteiger partial charge in [-0.3, -0.25) is 0 Å². The van der Waals surface area contributed by atoms with E-state index >= 15 is 0 Å². The van der Waals surface area contributed by atoms with Gasteiger partial charge in [-0.2, -0.15) is 9.97 Å². The van der Waals surface area contributed by atoms with Gasteiger partial charge in [0.1, 0.15) is 33.5 Å². The second kappa shape index (κ2) is 6.98. The van der Waals surface area contributed by atoms with Crippen molar-refractivity contribution in [3.63, 3.8) is 0 Å². The zero-order valence-corrected chi connectivity index (χ0v) is 14.3. The fraction of sp³-hybridized carbons (Fsp3) is 0.125. The van der Waals surface area contributed by atoms with Crippen LogP contribution in [0.1, 0.15) is 11.6 Å². The van der Waals surface area contributed by atoms with Crippen molar-refractivity contribution in [2.75, 3.05) is 0 Å². The van der Waals surface area contributed by atoms with Gasteiger partial charge in [0.25, 0.3) is 0 Å². The highest BCUT2D eigenvalue weighted by Gasteiger charge is 2.06. The molecule has 2 heterocycles. The van der Waals surface area contributed by atoms with Gasteiger partial charge in [0, 0.05) is 18.2 Å². The molecule has 0 N–H and O–H groups in total. The summed E-state index contributed by atoms with van der Waals surface area (Å²) < 4.78 is 11.4. The van der Waals surface area contributed by atoms with E-state index in [1.165, 1.54) is 12.1 Å². The lowest BCUT2D eigenvalue weighted by Crippen LogP contribution is -1.95. The number of halogens is 2. The van der Waals surface area contributed by atoms with Gasteiger partial charge < -0.3 is 9.47 Å². The van der Waals surface area contributed by atoms with Crippen LogP contribution in [0, 0.1) is 13.8 Å². The Labute approximate surface area is 148 Å². The first-order valence-corrected chi connectivity index (χ1v) is 7.72. The number of nitrogens with zero attached hydrogens (tertiary/aromatic N) is 4. The summed E-state index contributed by atoms with van der Waals surface area (Å²) in [6.07, 6.45) is 0. The molecule has 3 aromatic rings. The summed E-state index contributed by atoms with van der Waals surface area (Å²) in [5.74, 6) is 2.83. The topological polar surface area (TPSA) is 70.0 Å². The van der Waals surface area contributed by atoms with Gasteiger partial charge in [0.05, 0.1) is 0 Å². The lowest BCUT2D eigenvalue weighted by atomic mass is 10.3. The second-order valence-corrected chi connectivity index (χ2v) is 5.61. The van der Waals surface area contributed by atoms with Crippen molar-refractivity contribution < 1.29 is 9.47 Å². The maximum Gasteiger partial charge on any atom is 0.224 e. The molecule has 3 rings (SSSR count). The van der Waals surface area contributed by atoms with Gasteiger partial charge in [-0.25, -0.2) is 9.97 Å². The molecule has 0 fully saturated rings. The molecule has 0 radical (unpaired) electrons. The molecule has 0 unspecified atom stereocenters. The second-order valence-electron chi connectivity index (χ2n) is 4.83. The molecule has 0 saturated carbocycles. The molecule has 24 heavy (non-hydrogen) atoms. The largest absolute Gasteiger partial charge is 0.439 e. The van der Waals surface area contributed by atoms with E-state index in [-0.39, 0.29) is 0 Å². The van der Waals surface area contributed by atoms with Crippen molar-refractivity contribution in [3.8, 4) is 23.3 Å². The van der Waals surface area contributed by atoms with Crippen molar-refractivity contribution in [1.29, 1.82) is 0 Å². The number of aromatic nitrogens is 4. The molecular formula is C16H12Cl2N4O2. The monoisotopic (exact) mass is 362 g/mol. The molecule has 6 nitrogen and oxygen atoms in total. The maximum atomic E-state index is 5.90. The Morgan fingerprint density at radius 3 is 1.58 bits per heavy atom. The minimum atomic E-state index is 0.316. The lowest BCUT2D eigenvalue weighted by molar-refractivity contribution is 0.439. The highest BCUT2D eigenvalue weighted by Crippen LogP contribution is 2.28. The summed E-state index contributed by atoms with van der Waals surface area (Å²) in [5.41, 5.74) is 0. The van der Waals surface area contributed by atoms with Crippen molar-refractivity contribution >= 4 is 23.2 Å². The number of hydrogen-bond donors (Lipinski definition) is 0. The van der Waals surface area contributed by atoms with Crippen LogP contribution < -0.4 is 9.47 Å². The summed E-state index contributed by atoms with van der Waals surface area (Å²) >= 11 is 11.8. The van der Waals surface area contributed by atoms with E-state index in [9.17, 15) is 0 Å². The van der Waals surface area contributed by atoms with Crippen molar-refractivity contribution in [2.45, 2.75) is 13.8 Å². The van der Waals surface area contributed by atoms with E-state index < -0.39 is 0 Å². The van der Waals surface area contributed by atoms with Gasteiger partial charge in [0.2, 0.25) is 11.8 Å². The van der Waals surface area contributed by atoms with Crippen LogP contribution in [-0.4, -0.2) is 19.9 Å². The molecular weight excluding hydrogens is 351 g/mol. The highest BCUT2D eigenvalue weighted by atomic mass is 35.5. The van der Waals surface area contributed by atoms with Crippen LogP contribution in [0.3, 0.4) is 0 Å². The van der Waals surface area contributed by atoms with Crippen LogP contribution in [0.2, 0.25) is 10.3 Å². The highest BCUT2D eigenvalue weighted by molar-refractivity contribution is 6.29. The average molecular weight is 363 g/mol. The first-order chi connectivity index (χ1) is 11.5. The Morgan fingerprint density at radius 2 is 1.17 bits per heavy atom. The average Bonchev–Trinajstić information content (AvgIpc) is 2.45. The van der Waals surface area contributed by atoms with E-state index in [2.05, 4.69) is 19.9 Å². The molecule has 0 atom stereocenters. The van der Waals surface area contributed by atoms with Crippen LogP contribution in [0.5, 0.6) is 23.3 Å². The number of rotatable bonds is 4. The van der Waals surface area contributed by atoms with Gasteiger partial charge in [0.15, 0.2) is 0 Å². The summed E-state index contributed by atoms with van der Waals surface area (Å²) in [5, 5.41) is 0.631. The zero-order chi connectivity index (χ0) is 17.1. The number of ether oxygens (including phenoxy) is 2. The molecule has 0 aliphatic carbocycles. The lowest BCUT2D eigenvalue weighted by Gasteiger charge is -2.09. The van der Waals surface area contributed by atoms with Gasteiger partial charge in [-0.05, 0) is 26.0 Å². The van der Waals surface area contributed by atoms with E-state index in [1.54, 1.807) is 38.1 Å². The predicted octanol–water partition coefficient (Wildman–Crippen LogP) is 4.77. The normalized spacial score (nSPS) is 10.5. The van der Waals surface area contributed by atoms with Crippen molar-refractivity contribution in [3.05, 3.63) is 58.4 Å². The van der Waals surface area contributed by atoms with E-state index in [1.807, 2.05) is 0 Å². The molecule has 2 aromatic heterocycles. The predicted molar refractivity (Wildman–Crippen MR) is 90.1 cm³/mol. The minimum absolute atomic E-state index is 0.316. The summed E-state index contributed by atoms with van der Waals surface area (Å²) in [7, 11) is 0. The third-order valence-electron chi connectivity index (χ3n) is 2.82. The molecule has 0 aliphatic rings. The third kappa shape index (κ3) is 4.31. The smallest absolute Gasteiger partial charge is 0.224 e. The standard InChI is InChI=1S/C16H12Cl2N4O2/c1-9-19-13(17)7-15(21-9)23-11-4-3-5-12(6-11)24-16-8-14(18)20-10(2)22-16/h3-8H,1-2H3. The van der Waals surface area contributed by atoms with E-state index in [0.29, 0.717) is 45.2 Å². The zero-order valence-electron chi connectivity index (χ0n) is 12.8. The quantitative estimate of drug-likeness (QED) is 0.622. The van der Waals surface area contributed by atoms with Crippen LogP contribution >= 0.6 is 23.2 Å². The summed E-state index contributed by atoms with van der Waals surface area (Å²) in [6.45, 7) is 3.47. The van der Waals surface area contributed by atoms with Crippen LogP contribution in [0.15, 0.2) is 36.4 Å². The van der Waals surface area contributed by atoms with Crippen molar-refractivity contribution in [2.24, 2.45) is 0 Å². The Hall–Kier alpha value is -2.44. The van der Waals surface area contributed by atoms with E-state index in [4.69, 9.17) is 32.7 Å². The molecule has 1 aromatic carbocycles. The molecule has 0 bridgehead atoms.